The van der Waals surface area contributed by atoms with E-state index in [1.54, 1.807) is 0 Å². The van der Waals surface area contributed by atoms with E-state index < -0.39 is 0 Å². The number of hydrogen-bond acceptors (Lipinski definition) is 3. The van der Waals surface area contributed by atoms with Gasteiger partial charge in [-0.05, 0) is 0 Å². The molecule has 100 valence electrons. The zero-order valence-corrected chi connectivity index (χ0v) is 13.2. The molecular weight excluding hydrogens is 341 g/mol. The minimum absolute atomic E-state index is 0.161. The van der Waals surface area contributed by atoms with Crippen molar-refractivity contribution < 1.29 is 26.0 Å². The van der Waals surface area contributed by atoms with Crippen LogP contribution in [-0.4, -0.2) is 47.4 Å². The molecule has 4 nitrogen and oxygen atoms in total. The number of anilines is 1. The van der Waals surface area contributed by atoms with Gasteiger partial charge in [0.1, 0.15) is 0 Å². The van der Waals surface area contributed by atoms with Gasteiger partial charge in [0, 0.05) is 0 Å². The molecule has 0 aliphatic carbocycles. The summed E-state index contributed by atoms with van der Waals surface area (Å²) in [7, 11) is 1.98. The van der Waals surface area contributed by atoms with E-state index in [-0.39, 0.29) is 27.1 Å². The van der Waals surface area contributed by atoms with Crippen molar-refractivity contribution in [3.05, 3.63) is 24.0 Å². The van der Waals surface area contributed by atoms with Crippen molar-refractivity contribution in [2.45, 2.75) is 10.8 Å². The number of carbonyl (C=O) groups excluding carboxylic acids is 1. The van der Waals surface area contributed by atoms with Crippen molar-refractivity contribution in [3.63, 3.8) is 0 Å². The molecule has 1 saturated heterocycles. The first-order chi connectivity index (χ1) is 8.61. The summed E-state index contributed by atoms with van der Waals surface area (Å²) in [6, 6.07) is 4.09. The fourth-order valence-corrected chi connectivity index (χ4v) is 2.97. The SMILES string of the molecule is C[I-]C(C)c1ccc(N2CCN(C)CC2=O)cn1. The van der Waals surface area contributed by atoms with Crippen LogP contribution in [-0.2, 0) is 4.79 Å². The van der Waals surface area contributed by atoms with Gasteiger partial charge in [-0.2, -0.15) is 0 Å². The van der Waals surface area contributed by atoms with E-state index in [1.807, 2.05) is 29.1 Å². The molecule has 1 aliphatic heterocycles. The van der Waals surface area contributed by atoms with Crippen LogP contribution in [0.25, 0.3) is 0 Å². The summed E-state index contributed by atoms with van der Waals surface area (Å²) < 4.78 is 0.584. The number of alkyl halides is 2. The molecule has 0 saturated carbocycles. The number of rotatable bonds is 3. The second kappa shape index (κ2) is 5.97. The predicted molar refractivity (Wildman–Crippen MR) is 68.4 cm³/mol. The summed E-state index contributed by atoms with van der Waals surface area (Å²) in [6.45, 7) is 4.39. The summed E-state index contributed by atoms with van der Waals surface area (Å²) in [5, 5.41) is 0. The standard InChI is InChI=1S/C13H19IN3O/c1-10(14-2)12-5-4-11(8-15-12)17-7-6-16(3)9-13(17)18/h4-5,8,10H,6-7,9H2,1-3H3/q-1. The monoisotopic (exact) mass is 360 g/mol. The zero-order valence-electron chi connectivity index (χ0n) is 11.1. The fraction of sp³-hybridized carbons (Fsp3) is 0.538. The van der Waals surface area contributed by atoms with Crippen molar-refractivity contribution in [1.82, 2.24) is 9.88 Å². The van der Waals surface area contributed by atoms with E-state index in [0.717, 1.165) is 24.5 Å². The van der Waals surface area contributed by atoms with Gasteiger partial charge in [0.25, 0.3) is 0 Å². The number of likely N-dealkylation sites (N-methyl/N-ethyl adjacent to an activating group) is 1. The number of halogens is 1. The third-order valence-electron chi connectivity index (χ3n) is 3.23. The summed E-state index contributed by atoms with van der Waals surface area (Å²) in [4.78, 5) is 22.6. The molecule has 1 atom stereocenters. The molecule has 1 aliphatic rings. The molecule has 2 heterocycles. The van der Waals surface area contributed by atoms with Crippen LogP contribution < -0.4 is 26.1 Å². The van der Waals surface area contributed by atoms with E-state index in [4.69, 9.17) is 0 Å². The molecule has 5 heteroatoms. The number of hydrogen-bond donors (Lipinski definition) is 0. The normalized spacial score (nSPS) is 19.3. The number of amides is 1. The average molecular weight is 360 g/mol. The minimum atomic E-state index is 0.161. The Bertz CT molecular complexity index is 421. The van der Waals surface area contributed by atoms with Crippen molar-refractivity contribution in [2.75, 3.05) is 36.5 Å². The maximum absolute atomic E-state index is 11.9. The van der Waals surface area contributed by atoms with Crippen LogP contribution >= 0.6 is 0 Å². The van der Waals surface area contributed by atoms with Gasteiger partial charge in [-0.3, -0.25) is 0 Å². The van der Waals surface area contributed by atoms with Crippen LogP contribution in [0.2, 0.25) is 0 Å². The van der Waals surface area contributed by atoms with Crippen LogP contribution in [0.5, 0.6) is 0 Å². The van der Waals surface area contributed by atoms with Gasteiger partial charge in [0.2, 0.25) is 0 Å². The number of nitrogens with zero attached hydrogens (tertiary/aromatic N) is 3. The molecular formula is C13H19IN3O-. The molecule has 18 heavy (non-hydrogen) atoms. The Morgan fingerprint density at radius 2 is 2.17 bits per heavy atom. The molecule has 1 aromatic heterocycles. The number of carbonyl (C=O) groups is 1. The Kier molecular flexibility index (Phi) is 4.55. The first kappa shape index (κ1) is 13.7. The van der Waals surface area contributed by atoms with E-state index in [1.165, 1.54) is 0 Å². The Hall–Kier alpha value is -0.690. The van der Waals surface area contributed by atoms with Crippen LogP contribution in [0.15, 0.2) is 18.3 Å². The Balaban J connectivity index is 2.12. The molecule has 1 aromatic rings. The van der Waals surface area contributed by atoms with Crippen molar-refractivity contribution in [1.29, 1.82) is 0 Å². The number of piperazine rings is 1. The van der Waals surface area contributed by atoms with E-state index in [0.29, 0.717) is 10.5 Å². The zero-order chi connectivity index (χ0) is 13.1. The van der Waals surface area contributed by atoms with Gasteiger partial charge in [-0.1, -0.05) is 0 Å². The van der Waals surface area contributed by atoms with Crippen LogP contribution in [0.1, 0.15) is 16.5 Å². The van der Waals surface area contributed by atoms with Gasteiger partial charge < -0.3 is 0 Å². The summed E-state index contributed by atoms with van der Waals surface area (Å²) >= 11 is 0.176. The van der Waals surface area contributed by atoms with Crippen molar-refractivity contribution >= 4 is 11.6 Å². The van der Waals surface area contributed by atoms with Gasteiger partial charge in [-0.15, -0.1) is 0 Å². The Morgan fingerprint density at radius 3 is 2.72 bits per heavy atom. The summed E-state index contributed by atoms with van der Waals surface area (Å²) in [5.74, 6) is 0.161. The number of aromatic nitrogens is 1. The molecule has 1 amide bonds. The van der Waals surface area contributed by atoms with Gasteiger partial charge in [-0.25, -0.2) is 0 Å². The second-order valence-electron chi connectivity index (χ2n) is 4.56. The van der Waals surface area contributed by atoms with Crippen molar-refractivity contribution in [2.24, 2.45) is 0 Å². The molecule has 1 unspecified atom stereocenters. The van der Waals surface area contributed by atoms with Crippen LogP contribution in [0.3, 0.4) is 0 Å². The molecule has 0 radical (unpaired) electrons. The van der Waals surface area contributed by atoms with Gasteiger partial charge in [0.05, 0.1) is 0 Å². The van der Waals surface area contributed by atoms with E-state index >= 15 is 0 Å². The summed E-state index contributed by atoms with van der Waals surface area (Å²) in [5.41, 5.74) is 2.08. The topological polar surface area (TPSA) is 36.4 Å². The predicted octanol–water partition coefficient (Wildman–Crippen LogP) is -1.86. The number of pyridine rings is 1. The molecule has 1 fully saturated rings. The van der Waals surface area contributed by atoms with Crippen LogP contribution in [0, 0.1) is 0 Å². The quantitative estimate of drug-likeness (QED) is 0.469. The first-order valence-corrected chi connectivity index (χ1v) is 9.45. The third-order valence-corrected chi connectivity index (χ3v) is 5.74. The fourth-order valence-electron chi connectivity index (χ4n) is 1.97. The third kappa shape index (κ3) is 3.00. The van der Waals surface area contributed by atoms with Crippen LogP contribution in [0.4, 0.5) is 5.69 Å². The van der Waals surface area contributed by atoms with Gasteiger partial charge in [0.15, 0.2) is 0 Å². The first-order valence-electron chi connectivity index (χ1n) is 6.04. The molecule has 0 bridgehead atoms. The second-order valence-corrected chi connectivity index (χ2v) is 7.67. The maximum atomic E-state index is 11.9. The van der Waals surface area contributed by atoms with Crippen molar-refractivity contribution in [3.8, 4) is 0 Å². The average Bonchev–Trinajstić information content (AvgIpc) is 2.38. The molecule has 0 aromatic carbocycles. The Morgan fingerprint density at radius 1 is 1.39 bits per heavy atom. The molecule has 0 N–H and O–H groups in total. The van der Waals surface area contributed by atoms with E-state index in [2.05, 4.69) is 22.9 Å². The van der Waals surface area contributed by atoms with Gasteiger partial charge >= 0.3 is 119 Å². The van der Waals surface area contributed by atoms with E-state index in [9.17, 15) is 4.79 Å². The molecule has 0 spiro atoms. The Labute approximate surface area is 119 Å². The summed E-state index contributed by atoms with van der Waals surface area (Å²) in [6.07, 6.45) is 1.84. The molecule has 2 rings (SSSR count).